The van der Waals surface area contributed by atoms with Crippen molar-refractivity contribution in [3.05, 3.63) is 298 Å². The minimum Gasteiger partial charge on any atom is -0.355 e. The zero-order chi connectivity index (χ0) is 53.8. The standard InChI is InChI=1S/C72H50Cl2N6/c73-64-17-10-18-65(74)71(64)72-68-45-35-56(77-68)47-54-33-43-66(75-54)70(67-44-34-55(76-67)48-57-36-46-69(72)78-57)53-31-23-49(24-32-53)19-20-50-27-39-62(40-28-50)80(60-15-8-3-9-16-60)63-41-29-52(30-42-63)22-21-51-25-37-61(38-26-51)79(58-11-4-1-5-12-58)59-13-6-2-7-14-59/h1-48,75,78H/b20-19+,22-21+,54-47?,55-48?,56-47?,57-48?,70-66?,70-67?,72-68?,72-69?. The predicted octanol–water partition coefficient (Wildman–Crippen LogP) is 20.6. The van der Waals surface area contributed by atoms with Crippen molar-refractivity contribution in [1.29, 1.82) is 0 Å². The summed E-state index contributed by atoms with van der Waals surface area (Å²) < 4.78 is 0. The Bertz CT molecular complexity index is 4270. The highest BCUT2D eigenvalue weighted by Gasteiger charge is 2.18. The molecule has 0 atom stereocenters. The van der Waals surface area contributed by atoms with Crippen LogP contribution < -0.4 is 9.80 Å². The van der Waals surface area contributed by atoms with Gasteiger partial charge in [0.05, 0.1) is 32.8 Å². The molecule has 0 saturated heterocycles. The molecular formula is C72H50Cl2N6. The lowest BCUT2D eigenvalue weighted by molar-refractivity contribution is 1.28. The number of aromatic amines is 2. The largest absolute Gasteiger partial charge is 0.355 e. The van der Waals surface area contributed by atoms with Gasteiger partial charge in [-0.3, -0.25) is 0 Å². The summed E-state index contributed by atoms with van der Waals surface area (Å²) >= 11 is 13.6. The topological polar surface area (TPSA) is 63.8 Å². The third-order valence-electron chi connectivity index (χ3n) is 14.2. The highest BCUT2D eigenvalue weighted by Crippen LogP contribution is 2.41. The van der Waals surface area contributed by atoms with Crippen molar-refractivity contribution in [2.45, 2.75) is 0 Å². The average molecular weight is 1070 g/mol. The van der Waals surface area contributed by atoms with Gasteiger partial charge >= 0.3 is 0 Å². The number of hydrogen-bond donors (Lipinski definition) is 2. The maximum Gasteiger partial charge on any atom is 0.0738 e. The first kappa shape index (κ1) is 49.6. The first-order valence-corrected chi connectivity index (χ1v) is 27.3. The van der Waals surface area contributed by atoms with Gasteiger partial charge in [0, 0.05) is 72.9 Å². The van der Waals surface area contributed by atoms with Gasteiger partial charge in [-0.05, 0) is 173 Å². The fraction of sp³-hybridized carbons (Fsp3) is 0. The van der Waals surface area contributed by atoms with Gasteiger partial charge in [0.25, 0.3) is 0 Å². The van der Waals surface area contributed by atoms with E-state index in [4.69, 9.17) is 33.2 Å². The first-order valence-electron chi connectivity index (χ1n) is 26.5. The molecule has 3 aromatic heterocycles. The Morgan fingerprint density at radius 1 is 0.312 bits per heavy atom. The molecule has 13 rings (SSSR count). The van der Waals surface area contributed by atoms with Crippen molar-refractivity contribution in [3.63, 3.8) is 0 Å². The van der Waals surface area contributed by atoms with Crippen molar-refractivity contribution in [2.75, 3.05) is 9.80 Å². The molecule has 2 aliphatic heterocycles. The molecule has 0 saturated carbocycles. The lowest BCUT2D eigenvalue weighted by Crippen LogP contribution is -2.09. The molecule has 0 spiro atoms. The monoisotopic (exact) mass is 1070 g/mol. The second kappa shape index (κ2) is 22.2. The van der Waals surface area contributed by atoms with Crippen LogP contribution in [0.2, 0.25) is 10.0 Å². The Hall–Kier alpha value is -9.98. The quantitative estimate of drug-likeness (QED) is 0.120. The summed E-state index contributed by atoms with van der Waals surface area (Å²) in [5.41, 5.74) is 21.5. The molecule has 382 valence electrons. The van der Waals surface area contributed by atoms with Crippen molar-refractivity contribution in [1.82, 2.24) is 19.9 Å². The summed E-state index contributed by atoms with van der Waals surface area (Å²) in [6, 6.07) is 84.2. The minimum absolute atomic E-state index is 0.550. The Kier molecular flexibility index (Phi) is 13.7. The summed E-state index contributed by atoms with van der Waals surface area (Å²) in [7, 11) is 0. The lowest BCUT2D eigenvalue weighted by Gasteiger charge is -2.25. The van der Waals surface area contributed by atoms with Crippen molar-refractivity contribution in [3.8, 4) is 22.3 Å². The van der Waals surface area contributed by atoms with Crippen LogP contribution in [-0.4, -0.2) is 19.9 Å². The summed E-state index contributed by atoms with van der Waals surface area (Å²) in [6.45, 7) is 0. The zero-order valence-corrected chi connectivity index (χ0v) is 44.8. The fourth-order valence-corrected chi connectivity index (χ4v) is 10.9. The number of fused-ring (bicyclic) bond motifs is 8. The smallest absolute Gasteiger partial charge is 0.0738 e. The van der Waals surface area contributed by atoms with E-state index in [-0.39, 0.29) is 0 Å². The molecule has 5 heterocycles. The van der Waals surface area contributed by atoms with Gasteiger partial charge in [0.1, 0.15) is 0 Å². The van der Waals surface area contributed by atoms with Gasteiger partial charge in [-0.1, -0.05) is 169 Å². The van der Waals surface area contributed by atoms with Crippen LogP contribution in [-0.2, 0) is 0 Å². The third-order valence-corrected chi connectivity index (χ3v) is 14.9. The molecule has 80 heavy (non-hydrogen) atoms. The molecule has 6 nitrogen and oxygen atoms in total. The first-order chi connectivity index (χ1) is 39.4. The van der Waals surface area contributed by atoms with E-state index in [2.05, 4.69) is 244 Å². The van der Waals surface area contributed by atoms with Crippen molar-refractivity contribution < 1.29 is 0 Å². The number of nitrogens with one attached hydrogen (secondary N) is 2. The number of nitrogens with zero attached hydrogens (tertiary/aromatic N) is 4. The Balaban J connectivity index is 0.740. The molecule has 8 bridgehead atoms. The number of anilines is 6. The van der Waals surface area contributed by atoms with Gasteiger partial charge in [0.15, 0.2) is 0 Å². The van der Waals surface area contributed by atoms with Gasteiger partial charge in [-0.2, -0.15) is 0 Å². The molecular weight excluding hydrogens is 1020 g/mol. The van der Waals surface area contributed by atoms with Crippen LogP contribution in [0.1, 0.15) is 45.0 Å². The number of para-hydroxylation sites is 3. The molecule has 0 radical (unpaired) electrons. The Labute approximate surface area is 474 Å². The Morgan fingerprint density at radius 2 is 0.662 bits per heavy atom. The number of rotatable bonds is 12. The molecule has 2 N–H and O–H groups in total. The number of hydrogen-bond acceptors (Lipinski definition) is 4. The van der Waals surface area contributed by atoms with Crippen LogP contribution in [0.3, 0.4) is 0 Å². The predicted molar refractivity (Wildman–Crippen MR) is 340 cm³/mol. The maximum atomic E-state index is 6.81. The van der Waals surface area contributed by atoms with Crippen LogP contribution in [0.4, 0.5) is 34.1 Å². The number of aromatic nitrogens is 4. The van der Waals surface area contributed by atoms with Gasteiger partial charge < -0.3 is 19.8 Å². The number of halogens is 2. The summed E-state index contributed by atoms with van der Waals surface area (Å²) in [5, 5.41) is 1.10. The highest BCUT2D eigenvalue weighted by atomic mass is 35.5. The molecule has 0 fully saturated rings. The van der Waals surface area contributed by atoms with E-state index in [1.54, 1.807) is 0 Å². The normalized spacial score (nSPS) is 11.9. The molecule has 2 aliphatic rings. The molecule has 0 unspecified atom stereocenters. The Morgan fingerprint density at radius 3 is 1.06 bits per heavy atom. The molecule has 0 aliphatic carbocycles. The van der Waals surface area contributed by atoms with E-state index >= 15 is 0 Å². The minimum atomic E-state index is 0.550. The average Bonchev–Trinajstić information content (AvgIpc) is 4.46. The maximum absolute atomic E-state index is 6.81. The molecule has 8 heteroatoms. The number of benzene rings is 8. The molecule has 11 aromatic rings. The molecule has 0 amide bonds. The highest BCUT2D eigenvalue weighted by molar-refractivity contribution is 6.39. The summed E-state index contributed by atoms with van der Waals surface area (Å²) in [4.78, 5) is 22.0. The lowest BCUT2D eigenvalue weighted by atomic mass is 10.0. The van der Waals surface area contributed by atoms with Gasteiger partial charge in [-0.25, -0.2) is 9.97 Å². The van der Waals surface area contributed by atoms with Crippen LogP contribution >= 0.6 is 23.2 Å². The van der Waals surface area contributed by atoms with Crippen molar-refractivity contribution in [2.24, 2.45) is 0 Å². The summed E-state index contributed by atoms with van der Waals surface area (Å²) in [5.74, 6) is 0. The van der Waals surface area contributed by atoms with Gasteiger partial charge in [0.2, 0.25) is 0 Å². The van der Waals surface area contributed by atoms with Crippen molar-refractivity contribution >= 4 is 128 Å². The zero-order valence-electron chi connectivity index (χ0n) is 43.3. The second-order valence-electron chi connectivity index (χ2n) is 19.5. The van der Waals surface area contributed by atoms with Crippen LogP contribution in [0.5, 0.6) is 0 Å². The molecule has 8 aromatic carbocycles. The summed E-state index contributed by atoms with van der Waals surface area (Å²) in [6.07, 6.45) is 16.8. The fourth-order valence-electron chi connectivity index (χ4n) is 10.4. The third kappa shape index (κ3) is 10.6. The van der Waals surface area contributed by atoms with E-state index in [1.807, 2.05) is 66.7 Å². The van der Waals surface area contributed by atoms with E-state index in [1.165, 1.54) is 0 Å². The van der Waals surface area contributed by atoms with E-state index in [0.29, 0.717) is 10.0 Å². The van der Waals surface area contributed by atoms with E-state index < -0.39 is 0 Å². The SMILES string of the molecule is Clc1cccc(Cl)c1-c1c2nc(cc3ccc([nH]3)c(-c3ccc(/C=C/c4ccc(N(c5ccccc5)c5ccc(/C=C/c6ccc(N(c7ccccc7)c7ccccc7)cc6)cc5)cc4)cc3)c3nc(cc4ccc1[nH]4)C=C3)C=C2. The van der Waals surface area contributed by atoms with Crippen LogP contribution in [0.15, 0.2) is 243 Å². The van der Waals surface area contributed by atoms with E-state index in [0.717, 1.165) is 123 Å². The van der Waals surface area contributed by atoms with E-state index in [9.17, 15) is 0 Å². The number of H-pyrrole nitrogens is 2. The van der Waals surface area contributed by atoms with Crippen LogP contribution in [0.25, 0.3) is 92.9 Å². The van der Waals surface area contributed by atoms with Gasteiger partial charge in [-0.15, -0.1) is 0 Å². The van der Waals surface area contributed by atoms with Crippen LogP contribution in [0, 0.1) is 0 Å². The second-order valence-corrected chi connectivity index (χ2v) is 20.4.